The summed E-state index contributed by atoms with van der Waals surface area (Å²) in [4.78, 5) is 6.73. The maximum absolute atomic E-state index is 11.1. The first-order valence-electron chi connectivity index (χ1n) is 11.2. The van der Waals surface area contributed by atoms with Gasteiger partial charge in [-0.15, -0.1) is 0 Å². The molecule has 5 heteroatoms. The van der Waals surface area contributed by atoms with Gasteiger partial charge in [0.15, 0.2) is 0 Å². The number of likely N-dealkylation sites (tertiary alicyclic amines) is 1. The number of aromatic nitrogens is 1. The first-order chi connectivity index (χ1) is 15.6. The van der Waals surface area contributed by atoms with Gasteiger partial charge in [0.25, 0.3) is 0 Å². The van der Waals surface area contributed by atoms with Gasteiger partial charge in [-0.1, -0.05) is 48.0 Å². The van der Waals surface area contributed by atoms with E-state index in [1.165, 1.54) is 11.1 Å². The minimum absolute atomic E-state index is 0.535. The summed E-state index contributed by atoms with van der Waals surface area (Å²) < 4.78 is 6.05. The quantitative estimate of drug-likeness (QED) is 0.580. The van der Waals surface area contributed by atoms with E-state index in [0.29, 0.717) is 11.6 Å². The van der Waals surface area contributed by atoms with E-state index in [1.54, 1.807) is 0 Å². The minimum atomic E-state index is -0.761. The van der Waals surface area contributed by atoms with Gasteiger partial charge in [-0.25, -0.2) is 0 Å². The molecule has 4 nitrogen and oxygen atoms in total. The molecule has 0 radical (unpaired) electrons. The molecule has 32 heavy (non-hydrogen) atoms. The van der Waals surface area contributed by atoms with Crippen LogP contribution in [0.1, 0.15) is 41.5 Å². The summed E-state index contributed by atoms with van der Waals surface area (Å²) in [6.07, 6.45) is 8.48. The summed E-state index contributed by atoms with van der Waals surface area (Å²) in [6, 6.07) is 17.9. The summed E-state index contributed by atoms with van der Waals surface area (Å²) in [5.41, 5.74) is 4.85. The molecule has 1 aromatic heterocycles. The van der Waals surface area contributed by atoms with Crippen LogP contribution in [0.3, 0.4) is 0 Å². The van der Waals surface area contributed by atoms with Crippen molar-refractivity contribution in [2.75, 3.05) is 19.6 Å². The van der Waals surface area contributed by atoms with Gasteiger partial charge in [0, 0.05) is 48.2 Å². The first kappa shape index (κ1) is 21.2. The molecule has 164 valence electrons. The van der Waals surface area contributed by atoms with E-state index in [0.717, 1.165) is 61.3 Å². The van der Waals surface area contributed by atoms with Gasteiger partial charge in [0.2, 0.25) is 0 Å². The zero-order valence-corrected chi connectivity index (χ0v) is 18.8. The smallest absolute Gasteiger partial charge is 0.127 e. The van der Waals surface area contributed by atoms with Gasteiger partial charge in [-0.05, 0) is 60.2 Å². The number of hydrogen-bond acceptors (Lipinski definition) is 4. The normalized spacial score (nSPS) is 19.0. The summed E-state index contributed by atoms with van der Waals surface area (Å²) in [7, 11) is 0. The lowest BCUT2D eigenvalue weighted by Gasteiger charge is -2.38. The predicted molar refractivity (Wildman–Crippen MR) is 128 cm³/mol. The lowest BCUT2D eigenvalue weighted by Crippen LogP contribution is -2.42. The highest BCUT2D eigenvalue weighted by Crippen LogP contribution is 2.37. The van der Waals surface area contributed by atoms with Crippen LogP contribution in [0.4, 0.5) is 0 Å². The third kappa shape index (κ3) is 4.31. The topological polar surface area (TPSA) is 45.6 Å². The molecule has 2 aliphatic rings. The average molecular weight is 447 g/mol. The Kier molecular flexibility index (Phi) is 6.01. The summed E-state index contributed by atoms with van der Waals surface area (Å²) >= 11 is 6.01. The van der Waals surface area contributed by atoms with Gasteiger partial charge in [-0.3, -0.25) is 4.98 Å². The largest absolute Gasteiger partial charge is 0.488 e. The number of nitrogens with zero attached hydrogens (tertiary/aromatic N) is 2. The fourth-order valence-corrected chi connectivity index (χ4v) is 4.85. The molecule has 1 saturated heterocycles. The van der Waals surface area contributed by atoms with Crippen molar-refractivity contribution < 1.29 is 9.84 Å². The van der Waals surface area contributed by atoms with Crippen molar-refractivity contribution in [2.45, 2.75) is 31.5 Å². The molecule has 0 unspecified atom stereocenters. The number of piperidine rings is 1. The molecule has 0 aliphatic carbocycles. The van der Waals surface area contributed by atoms with Crippen molar-refractivity contribution in [1.29, 1.82) is 0 Å². The fourth-order valence-electron chi connectivity index (χ4n) is 4.73. The van der Waals surface area contributed by atoms with E-state index in [-0.39, 0.29) is 0 Å². The maximum atomic E-state index is 11.1. The fraction of sp³-hybridized carbons (Fsp3) is 0.296. The Morgan fingerprint density at radius 3 is 2.62 bits per heavy atom. The molecule has 1 N–H and O–H groups in total. The third-order valence-corrected chi connectivity index (χ3v) is 6.86. The molecule has 0 atom stereocenters. The Labute approximate surface area is 194 Å². The Balaban J connectivity index is 1.28. The van der Waals surface area contributed by atoms with Crippen molar-refractivity contribution >= 4 is 17.2 Å². The Morgan fingerprint density at radius 2 is 1.81 bits per heavy atom. The first-order valence-corrected chi connectivity index (χ1v) is 11.6. The van der Waals surface area contributed by atoms with E-state index in [2.05, 4.69) is 34.2 Å². The van der Waals surface area contributed by atoms with Crippen LogP contribution in [-0.4, -0.2) is 34.6 Å². The molecule has 3 aromatic rings. The zero-order valence-electron chi connectivity index (χ0n) is 18.0. The van der Waals surface area contributed by atoms with Crippen molar-refractivity contribution in [3.05, 3.63) is 100 Å². The third-order valence-electron chi connectivity index (χ3n) is 6.61. The van der Waals surface area contributed by atoms with Gasteiger partial charge in [0.1, 0.15) is 12.4 Å². The highest BCUT2D eigenvalue weighted by molar-refractivity contribution is 6.30. The second-order valence-electron chi connectivity index (χ2n) is 8.60. The number of hydrogen-bond donors (Lipinski definition) is 1. The number of fused-ring (bicyclic) bond motifs is 2. The minimum Gasteiger partial charge on any atom is -0.488 e. The molecule has 0 saturated carbocycles. The number of rotatable bonds is 4. The summed E-state index contributed by atoms with van der Waals surface area (Å²) in [5.74, 6) is 0.918. The van der Waals surface area contributed by atoms with Crippen molar-refractivity contribution in [3.8, 4) is 5.75 Å². The molecule has 3 heterocycles. The van der Waals surface area contributed by atoms with Crippen LogP contribution in [0, 0.1) is 0 Å². The SMILES string of the molecule is OC1(c2ccc(Cl)cc2)CCN(CCC=C2c3ccncc3COc3ccccc32)CC1. The van der Waals surface area contributed by atoms with Gasteiger partial charge in [-0.2, -0.15) is 0 Å². The Morgan fingerprint density at radius 1 is 1.03 bits per heavy atom. The highest BCUT2D eigenvalue weighted by atomic mass is 35.5. The lowest BCUT2D eigenvalue weighted by molar-refractivity contribution is -0.0254. The second kappa shape index (κ2) is 9.07. The lowest BCUT2D eigenvalue weighted by atomic mass is 9.84. The van der Waals surface area contributed by atoms with E-state index in [9.17, 15) is 5.11 Å². The highest BCUT2D eigenvalue weighted by Gasteiger charge is 2.33. The standard InChI is InChI=1S/C27H27ClN2O2/c28-22-9-7-21(8-10-22)27(31)12-16-30(17-13-27)15-3-5-24-23-11-14-29-18-20(23)19-32-26-6-2-1-4-25(24)26/h1-2,4-11,14,18,31H,3,12-13,15-17,19H2. The van der Waals surface area contributed by atoms with Crippen molar-refractivity contribution in [2.24, 2.45) is 0 Å². The van der Waals surface area contributed by atoms with Gasteiger partial charge >= 0.3 is 0 Å². The van der Waals surface area contributed by atoms with E-state index in [1.807, 2.05) is 48.8 Å². The van der Waals surface area contributed by atoms with Crippen LogP contribution in [0.5, 0.6) is 5.75 Å². The number of aliphatic hydroxyl groups is 1. The van der Waals surface area contributed by atoms with Gasteiger partial charge in [0.05, 0.1) is 5.60 Å². The van der Waals surface area contributed by atoms with E-state index >= 15 is 0 Å². The van der Waals surface area contributed by atoms with Crippen LogP contribution in [0.25, 0.3) is 5.57 Å². The molecule has 0 bridgehead atoms. The Hall–Kier alpha value is -2.66. The molecule has 2 aliphatic heterocycles. The number of para-hydroxylation sites is 1. The summed E-state index contributed by atoms with van der Waals surface area (Å²) in [6.45, 7) is 3.25. The predicted octanol–water partition coefficient (Wildman–Crippen LogP) is 5.43. The number of halogens is 1. The van der Waals surface area contributed by atoms with Crippen molar-refractivity contribution in [1.82, 2.24) is 9.88 Å². The van der Waals surface area contributed by atoms with Crippen LogP contribution < -0.4 is 4.74 Å². The van der Waals surface area contributed by atoms with Crippen LogP contribution in [-0.2, 0) is 12.2 Å². The molecular weight excluding hydrogens is 420 g/mol. The molecule has 5 rings (SSSR count). The second-order valence-corrected chi connectivity index (χ2v) is 9.04. The molecule has 0 amide bonds. The van der Waals surface area contributed by atoms with E-state index in [4.69, 9.17) is 16.3 Å². The van der Waals surface area contributed by atoms with Gasteiger partial charge < -0.3 is 14.7 Å². The van der Waals surface area contributed by atoms with Crippen LogP contribution in [0.15, 0.2) is 73.1 Å². The van der Waals surface area contributed by atoms with E-state index < -0.39 is 5.60 Å². The number of benzene rings is 2. The molecule has 1 fully saturated rings. The average Bonchev–Trinajstić information content (AvgIpc) is 2.98. The monoisotopic (exact) mass is 446 g/mol. The molecule has 2 aromatic carbocycles. The number of ether oxygens (including phenoxy) is 1. The Bertz CT molecular complexity index is 1070. The zero-order chi connectivity index (χ0) is 22.0. The molecular formula is C27H27ClN2O2. The van der Waals surface area contributed by atoms with Crippen LogP contribution >= 0.6 is 11.6 Å². The van der Waals surface area contributed by atoms with Crippen LogP contribution in [0.2, 0.25) is 5.02 Å². The maximum Gasteiger partial charge on any atom is 0.127 e. The summed E-state index contributed by atoms with van der Waals surface area (Å²) in [5, 5.41) is 11.8. The number of pyridine rings is 1. The van der Waals surface area contributed by atoms with Crippen molar-refractivity contribution in [3.63, 3.8) is 0 Å². The molecule has 0 spiro atoms.